The Morgan fingerprint density at radius 3 is 2.76 bits per heavy atom. The van der Waals surface area contributed by atoms with Crippen LogP contribution in [0.5, 0.6) is 0 Å². The van der Waals surface area contributed by atoms with Crippen molar-refractivity contribution < 1.29 is 9.53 Å². The van der Waals surface area contributed by atoms with E-state index in [2.05, 4.69) is 18.1 Å². The van der Waals surface area contributed by atoms with Crippen LogP contribution >= 0.6 is 11.3 Å². The Hall–Kier alpha value is -1.68. The van der Waals surface area contributed by atoms with E-state index in [1.165, 1.54) is 11.3 Å². The molecule has 0 amide bonds. The van der Waals surface area contributed by atoms with E-state index in [0.29, 0.717) is 17.2 Å². The van der Waals surface area contributed by atoms with Crippen molar-refractivity contribution in [1.29, 1.82) is 0 Å². The van der Waals surface area contributed by atoms with Crippen LogP contribution in [0.1, 0.15) is 27.3 Å². The molecule has 4 heteroatoms. The molecular formula is C13H15NO2S. The normalized spacial score (nSPS) is 11.1. The van der Waals surface area contributed by atoms with Crippen molar-refractivity contribution in [2.24, 2.45) is 0 Å². The van der Waals surface area contributed by atoms with Crippen LogP contribution < -0.4 is 0 Å². The fourth-order valence-electron chi connectivity index (χ4n) is 1.33. The summed E-state index contributed by atoms with van der Waals surface area (Å²) in [5.41, 5.74) is 1.38. The van der Waals surface area contributed by atoms with Crippen LogP contribution in [0, 0.1) is 6.92 Å². The maximum absolute atomic E-state index is 11.8. The van der Waals surface area contributed by atoms with Gasteiger partial charge in [-0.3, -0.25) is 0 Å². The highest BCUT2D eigenvalue weighted by Crippen LogP contribution is 2.26. The molecule has 0 spiro atoms. The number of hydrogen-bond donors (Lipinski definition) is 0. The zero-order valence-electron chi connectivity index (χ0n) is 10.0. The number of carbonyl (C=O) groups excluding carboxylic acids is 1. The van der Waals surface area contributed by atoms with Gasteiger partial charge in [0.2, 0.25) is 0 Å². The molecule has 1 aromatic heterocycles. The first-order valence-electron chi connectivity index (χ1n) is 5.24. The number of nitrogens with zero attached hydrogens (tertiary/aromatic N) is 1. The molecule has 17 heavy (non-hydrogen) atoms. The molecule has 0 N–H and O–H groups in total. The van der Waals surface area contributed by atoms with Gasteiger partial charge in [-0.15, -0.1) is 11.3 Å². The summed E-state index contributed by atoms with van der Waals surface area (Å²) in [6.07, 6.45) is 5.06. The van der Waals surface area contributed by atoms with E-state index in [4.69, 9.17) is 4.74 Å². The minimum absolute atomic E-state index is 0.343. The molecule has 0 unspecified atom stereocenters. The van der Waals surface area contributed by atoms with Crippen molar-refractivity contribution in [2.45, 2.75) is 13.8 Å². The van der Waals surface area contributed by atoms with Crippen LogP contribution in [-0.4, -0.2) is 17.6 Å². The molecule has 1 heterocycles. The van der Waals surface area contributed by atoms with E-state index in [0.717, 1.165) is 10.6 Å². The molecule has 90 valence electrons. The first kappa shape index (κ1) is 13.4. The highest BCUT2D eigenvalue weighted by atomic mass is 32.1. The van der Waals surface area contributed by atoms with E-state index >= 15 is 0 Å². The number of rotatable bonds is 5. The minimum atomic E-state index is -0.343. The molecule has 0 radical (unpaired) electrons. The summed E-state index contributed by atoms with van der Waals surface area (Å²) in [5.74, 6) is -0.343. The van der Waals surface area contributed by atoms with E-state index in [1.807, 2.05) is 6.92 Å². The van der Waals surface area contributed by atoms with Gasteiger partial charge in [-0.05, 0) is 13.8 Å². The van der Waals surface area contributed by atoms with Gasteiger partial charge in [-0.25, -0.2) is 9.78 Å². The highest BCUT2D eigenvalue weighted by molar-refractivity contribution is 7.13. The maximum atomic E-state index is 11.8. The summed E-state index contributed by atoms with van der Waals surface area (Å²) in [4.78, 5) is 16.6. The topological polar surface area (TPSA) is 39.2 Å². The number of esters is 1. The zero-order chi connectivity index (χ0) is 12.8. The first-order chi connectivity index (χ1) is 8.13. The van der Waals surface area contributed by atoms with Gasteiger partial charge in [0, 0.05) is 5.57 Å². The predicted molar refractivity (Wildman–Crippen MR) is 71.2 cm³/mol. The van der Waals surface area contributed by atoms with Crippen LogP contribution in [0.4, 0.5) is 0 Å². The Morgan fingerprint density at radius 1 is 1.53 bits per heavy atom. The van der Waals surface area contributed by atoms with Gasteiger partial charge >= 0.3 is 5.97 Å². The van der Waals surface area contributed by atoms with Crippen molar-refractivity contribution in [3.63, 3.8) is 0 Å². The summed E-state index contributed by atoms with van der Waals surface area (Å²) >= 11 is 1.32. The molecule has 0 bridgehead atoms. The fraction of sp³-hybridized carbons (Fsp3) is 0.231. The summed E-state index contributed by atoms with van der Waals surface area (Å²) in [5, 5.41) is 0.819. The van der Waals surface area contributed by atoms with E-state index in [9.17, 15) is 4.79 Å². The van der Waals surface area contributed by atoms with E-state index in [-0.39, 0.29) is 5.97 Å². The largest absolute Gasteiger partial charge is 0.462 e. The van der Waals surface area contributed by atoms with Crippen molar-refractivity contribution in [1.82, 2.24) is 4.98 Å². The lowest BCUT2D eigenvalue weighted by Gasteiger charge is -2.02. The molecule has 0 aliphatic heterocycles. The van der Waals surface area contributed by atoms with Crippen molar-refractivity contribution >= 4 is 22.9 Å². The zero-order valence-corrected chi connectivity index (χ0v) is 10.8. The summed E-state index contributed by atoms with van der Waals surface area (Å²) in [7, 11) is 0. The van der Waals surface area contributed by atoms with Gasteiger partial charge in [0.05, 0.1) is 17.3 Å². The quantitative estimate of drug-likeness (QED) is 0.593. The van der Waals surface area contributed by atoms with Gasteiger partial charge in [0.25, 0.3) is 0 Å². The SMILES string of the molecule is C=C/C=C(\C=C)c1nc(C)sc1C(=O)OCC. The molecule has 0 saturated heterocycles. The number of aromatic nitrogens is 1. The summed E-state index contributed by atoms with van der Waals surface area (Å²) in [6.45, 7) is 11.3. The average molecular weight is 249 g/mol. The molecule has 0 aliphatic carbocycles. The molecule has 0 fully saturated rings. The fourth-order valence-corrected chi connectivity index (χ4v) is 2.16. The number of aryl methyl sites for hydroxylation is 1. The Kier molecular flexibility index (Phi) is 4.84. The third kappa shape index (κ3) is 3.14. The minimum Gasteiger partial charge on any atom is -0.462 e. The Labute approximate surface area is 105 Å². The second-order valence-corrected chi connectivity index (χ2v) is 4.40. The molecule has 0 aromatic carbocycles. The monoisotopic (exact) mass is 249 g/mol. The maximum Gasteiger partial charge on any atom is 0.350 e. The summed E-state index contributed by atoms with van der Waals surface area (Å²) < 4.78 is 5.00. The molecular weight excluding hydrogens is 234 g/mol. The van der Waals surface area contributed by atoms with Gasteiger partial charge in [-0.2, -0.15) is 0 Å². The van der Waals surface area contributed by atoms with Crippen LogP contribution in [0.15, 0.2) is 31.4 Å². The molecule has 0 saturated carbocycles. The summed E-state index contributed by atoms with van der Waals surface area (Å²) in [6, 6.07) is 0. The van der Waals surface area contributed by atoms with E-state index < -0.39 is 0 Å². The van der Waals surface area contributed by atoms with Crippen molar-refractivity contribution in [3.05, 3.63) is 47.0 Å². The second-order valence-electron chi connectivity index (χ2n) is 3.19. The van der Waals surface area contributed by atoms with Gasteiger partial charge in [0.15, 0.2) is 0 Å². The number of hydrogen-bond acceptors (Lipinski definition) is 4. The Bertz CT molecular complexity index is 472. The van der Waals surface area contributed by atoms with E-state index in [1.54, 1.807) is 25.2 Å². The first-order valence-corrected chi connectivity index (χ1v) is 6.05. The second kappa shape index (κ2) is 6.15. The van der Waals surface area contributed by atoms with Gasteiger partial charge in [-0.1, -0.05) is 31.4 Å². The lowest BCUT2D eigenvalue weighted by atomic mass is 10.1. The van der Waals surface area contributed by atoms with Crippen molar-refractivity contribution in [2.75, 3.05) is 6.61 Å². The third-order valence-corrected chi connectivity index (χ3v) is 2.94. The average Bonchev–Trinajstić information content (AvgIpc) is 2.68. The molecule has 1 rings (SSSR count). The third-order valence-electron chi connectivity index (χ3n) is 1.99. The van der Waals surface area contributed by atoms with Crippen LogP contribution in [-0.2, 0) is 4.74 Å². The molecule has 0 atom stereocenters. The number of ether oxygens (including phenoxy) is 1. The van der Waals surface area contributed by atoms with Gasteiger partial charge in [0.1, 0.15) is 4.88 Å². The molecule has 3 nitrogen and oxygen atoms in total. The number of carbonyl (C=O) groups is 1. The highest BCUT2D eigenvalue weighted by Gasteiger charge is 2.19. The van der Waals surface area contributed by atoms with Crippen LogP contribution in [0.25, 0.3) is 5.57 Å². The molecule has 1 aromatic rings. The van der Waals surface area contributed by atoms with Crippen molar-refractivity contribution in [3.8, 4) is 0 Å². The van der Waals surface area contributed by atoms with Gasteiger partial charge < -0.3 is 4.74 Å². The predicted octanol–water partition coefficient (Wildman–Crippen LogP) is 3.38. The molecule has 0 aliphatic rings. The smallest absolute Gasteiger partial charge is 0.350 e. The van der Waals surface area contributed by atoms with Crippen LogP contribution in [0.3, 0.4) is 0 Å². The Morgan fingerprint density at radius 2 is 2.24 bits per heavy atom. The number of allylic oxidation sites excluding steroid dienone is 4. The lowest BCUT2D eigenvalue weighted by molar-refractivity contribution is 0.0531. The lowest BCUT2D eigenvalue weighted by Crippen LogP contribution is -2.05. The standard InChI is InChI=1S/C13H15NO2S/c1-5-8-10(6-2)11-12(13(15)16-7-3)17-9(4)14-11/h5-6,8H,1-2,7H2,3-4H3/b10-8+. The Balaban J connectivity index is 3.23. The van der Waals surface area contributed by atoms with Crippen LogP contribution in [0.2, 0.25) is 0 Å². The number of thiazole rings is 1.